The van der Waals surface area contributed by atoms with Gasteiger partial charge in [-0.2, -0.15) is 0 Å². The van der Waals surface area contributed by atoms with E-state index < -0.39 is 28.8 Å². The highest BCUT2D eigenvalue weighted by Gasteiger charge is 2.72. The Labute approximate surface area is 239 Å². The fourth-order valence-electron chi connectivity index (χ4n) is 6.49. The molecule has 7 heteroatoms. The molecule has 1 aliphatic carbocycles. The van der Waals surface area contributed by atoms with Gasteiger partial charge >= 0.3 is 0 Å². The van der Waals surface area contributed by atoms with Gasteiger partial charge in [0.2, 0.25) is 0 Å². The van der Waals surface area contributed by atoms with Crippen molar-refractivity contribution >= 4 is 68.2 Å². The van der Waals surface area contributed by atoms with Crippen molar-refractivity contribution in [1.29, 1.82) is 0 Å². The Morgan fingerprint density at radius 2 is 1.61 bits per heavy atom. The standard InChI is InChI=1S/C31H24BrCl2NO3/c1-30(2,3)29(38)26-25(21-11-10-18(33)15-22(21)34)31(27(36)19-6-4-5-7-20(19)28(31)37)24-13-8-16-14-17(32)9-12-23(16)35(24)26/h4-15,24-26H,1-3H3/t24?,25-,26+/m0/s1. The summed E-state index contributed by atoms with van der Waals surface area (Å²) in [6.45, 7) is 5.60. The second kappa shape index (κ2) is 8.64. The molecule has 3 atom stereocenters. The molecule has 6 rings (SSSR count). The molecule has 38 heavy (non-hydrogen) atoms. The van der Waals surface area contributed by atoms with Crippen LogP contribution in [0, 0.1) is 10.8 Å². The first kappa shape index (κ1) is 25.5. The largest absolute Gasteiger partial charge is 0.352 e. The molecule has 1 saturated heterocycles. The lowest BCUT2D eigenvalue weighted by Gasteiger charge is -2.38. The Bertz CT molecular complexity index is 1550. The van der Waals surface area contributed by atoms with E-state index in [0.29, 0.717) is 26.7 Å². The van der Waals surface area contributed by atoms with Gasteiger partial charge in [0.05, 0.1) is 12.1 Å². The molecule has 1 unspecified atom stereocenters. The molecule has 3 aromatic carbocycles. The summed E-state index contributed by atoms with van der Waals surface area (Å²) in [5, 5.41) is 0.759. The van der Waals surface area contributed by atoms with Gasteiger partial charge in [0.25, 0.3) is 0 Å². The number of benzene rings is 3. The maximum atomic E-state index is 14.6. The van der Waals surface area contributed by atoms with Crippen molar-refractivity contribution in [2.24, 2.45) is 10.8 Å². The van der Waals surface area contributed by atoms with Gasteiger partial charge in [0.1, 0.15) is 5.41 Å². The van der Waals surface area contributed by atoms with Crippen molar-refractivity contribution in [3.8, 4) is 0 Å². The first-order valence-electron chi connectivity index (χ1n) is 12.4. The topological polar surface area (TPSA) is 54.5 Å². The second-order valence-electron chi connectivity index (χ2n) is 11.2. The zero-order chi connectivity index (χ0) is 27.1. The average molecular weight is 609 g/mol. The Morgan fingerprint density at radius 3 is 2.21 bits per heavy atom. The number of anilines is 1. The van der Waals surface area contributed by atoms with Crippen LogP contribution in [0.15, 0.2) is 71.2 Å². The highest BCUT2D eigenvalue weighted by atomic mass is 79.9. The number of carbonyl (C=O) groups is 3. The monoisotopic (exact) mass is 607 g/mol. The van der Waals surface area contributed by atoms with Crippen molar-refractivity contribution in [1.82, 2.24) is 0 Å². The minimum absolute atomic E-state index is 0.0730. The molecule has 0 bridgehead atoms. The fourth-order valence-corrected chi connectivity index (χ4v) is 7.39. The summed E-state index contributed by atoms with van der Waals surface area (Å²) in [5.41, 5.74) is 0.690. The van der Waals surface area contributed by atoms with Gasteiger partial charge in [-0.05, 0) is 41.5 Å². The van der Waals surface area contributed by atoms with E-state index in [1.807, 2.05) is 56.0 Å². The molecule has 0 N–H and O–H groups in total. The first-order chi connectivity index (χ1) is 18.0. The van der Waals surface area contributed by atoms with E-state index in [1.54, 1.807) is 42.5 Å². The number of Topliss-reactive ketones (excluding diaryl/α,β-unsaturated/α-hetero) is 3. The van der Waals surface area contributed by atoms with E-state index in [1.165, 1.54) is 0 Å². The summed E-state index contributed by atoms with van der Waals surface area (Å²) >= 11 is 16.6. The molecule has 2 aliphatic heterocycles. The third kappa shape index (κ3) is 3.38. The third-order valence-electron chi connectivity index (χ3n) is 8.07. The summed E-state index contributed by atoms with van der Waals surface area (Å²) < 4.78 is 0.893. The number of nitrogens with zero attached hydrogens (tertiary/aromatic N) is 1. The fraction of sp³-hybridized carbons (Fsp3) is 0.258. The smallest absolute Gasteiger partial charge is 0.180 e. The van der Waals surface area contributed by atoms with Gasteiger partial charge in [-0.1, -0.05) is 102 Å². The van der Waals surface area contributed by atoms with Crippen LogP contribution in [0.1, 0.15) is 58.5 Å². The number of carbonyl (C=O) groups excluding carboxylic acids is 3. The van der Waals surface area contributed by atoms with Gasteiger partial charge < -0.3 is 4.90 Å². The zero-order valence-corrected chi connectivity index (χ0v) is 24.1. The number of halogens is 3. The van der Waals surface area contributed by atoms with Crippen molar-refractivity contribution in [2.45, 2.75) is 38.8 Å². The third-order valence-corrected chi connectivity index (χ3v) is 9.13. The average Bonchev–Trinajstić information content (AvgIpc) is 3.29. The Hall–Kier alpha value is -2.73. The number of hydrogen-bond acceptors (Lipinski definition) is 4. The van der Waals surface area contributed by atoms with Crippen molar-refractivity contribution in [3.63, 3.8) is 0 Å². The van der Waals surface area contributed by atoms with Crippen LogP contribution in [0.25, 0.3) is 6.08 Å². The lowest BCUT2D eigenvalue weighted by molar-refractivity contribution is -0.127. The molecule has 2 heterocycles. The predicted octanol–water partition coefficient (Wildman–Crippen LogP) is 7.80. The molecule has 0 radical (unpaired) electrons. The highest BCUT2D eigenvalue weighted by molar-refractivity contribution is 9.10. The maximum absolute atomic E-state index is 14.6. The molecule has 0 aromatic heterocycles. The lowest BCUT2D eigenvalue weighted by Crippen LogP contribution is -2.49. The molecule has 192 valence electrons. The predicted molar refractivity (Wildman–Crippen MR) is 154 cm³/mol. The Kier molecular flexibility index (Phi) is 5.81. The molecule has 0 saturated carbocycles. The van der Waals surface area contributed by atoms with Gasteiger partial charge in [0.15, 0.2) is 17.3 Å². The van der Waals surface area contributed by atoms with Crippen LogP contribution in [0.2, 0.25) is 10.0 Å². The van der Waals surface area contributed by atoms with Crippen molar-refractivity contribution in [3.05, 3.63) is 104 Å². The summed E-state index contributed by atoms with van der Waals surface area (Å²) in [4.78, 5) is 45.5. The van der Waals surface area contributed by atoms with Crippen LogP contribution in [0.5, 0.6) is 0 Å². The molecule has 4 nitrogen and oxygen atoms in total. The van der Waals surface area contributed by atoms with Crippen molar-refractivity contribution < 1.29 is 14.4 Å². The first-order valence-corrected chi connectivity index (χ1v) is 14.0. The normalized spacial score (nSPS) is 23.0. The van der Waals surface area contributed by atoms with E-state index >= 15 is 0 Å². The molecular formula is C31H24BrCl2NO3. The summed E-state index contributed by atoms with van der Waals surface area (Å²) in [5.74, 6) is -1.47. The lowest BCUT2D eigenvalue weighted by atomic mass is 9.63. The maximum Gasteiger partial charge on any atom is 0.180 e. The SMILES string of the molecule is CC(C)(C)C(=O)[C@H]1[C@H](c2ccc(Cl)cc2Cl)C2(C(=O)c3ccccc3C2=O)C2C=Cc3cc(Br)ccc3N21. The number of fused-ring (bicyclic) bond motifs is 5. The van der Waals surface area contributed by atoms with Crippen molar-refractivity contribution in [2.75, 3.05) is 4.90 Å². The van der Waals surface area contributed by atoms with Crippen LogP contribution in [-0.2, 0) is 4.79 Å². The van der Waals surface area contributed by atoms with Crippen LogP contribution in [0.3, 0.4) is 0 Å². The Morgan fingerprint density at radius 1 is 0.947 bits per heavy atom. The van der Waals surface area contributed by atoms with Crippen LogP contribution >= 0.6 is 39.1 Å². The molecule has 1 spiro atoms. The molecule has 3 aromatic rings. The van der Waals surface area contributed by atoms with Crippen LogP contribution in [-0.4, -0.2) is 29.4 Å². The van der Waals surface area contributed by atoms with E-state index in [9.17, 15) is 14.4 Å². The van der Waals surface area contributed by atoms with E-state index in [-0.39, 0.29) is 17.3 Å². The van der Waals surface area contributed by atoms with E-state index in [0.717, 1.165) is 15.7 Å². The van der Waals surface area contributed by atoms with Gasteiger partial charge in [0, 0.05) is 42.7 Å². The van der Waals surface area contributed by atoms with Crippen LogP contribution in [0.4, 0.5) is 5.69 Å². The van der Waals surface area contributed by atoms with Gasteiger partial charge in [-0.15, -0.1) is 0 Å². The Balaban J connectivity index is 1.72. The van der Waals surface area contributed by atoms with E-state index in [4.69, 9.17) is 23.2 Å². The number of rotatable bonds is 2. The van der Waals surface area contributed by atoms with Crippen LogP contribution < -0.4 is 4.90 Å². The van der Waals surface area contributed by atoms with Gasteiger partial charge in [-0.25, -0.2) is 0 Å². The van der Waals surface area contributed by atoms with Gasteiger partial charge in [-0.3, -0.25) is 14.4 Å². The molecular weight excluding hydrogens is 585 g/mol. The summed E-state index contributed by atoms with van der Waals surface area (Å²) in [6.07, 6.45) is 3.85. The quantitative estimate of drug-likeness (QED) is 0.279. The van der Waals surface area contributed by atoms with E-state index in [2.05, 4.69) is 15.9 Å². The second-order valence-corrected chi connectivity index (χ2v) is 12.9. The molecule has 1 fully saturated rings. The molecule has 3 aliphatic rings. The number of hydrogen-bond donors (Lipinski definition) is 0. The minimum atomic E-state index is -1.58. The zero-order valence-electron chi connectivity index (χ0n) is 21.0. The summed E-state index contributed by atoms with van der Waals surface area (Å²) in [7, 11) is 0. The molecule has 0 amide bonds. The summed E-state index contributed by atoms with van der Waals surface area (Å²) in [6, 6.07) is 16.3. The highest BCUT2D eigenvalue weighted by Crippen LogP contribution is 2.62. The minimum Gasteiger partial charge on any atom is -0.352 e. The number of ketones is 3.